The fourth-order valence-corrected chi connectivity index (χ4v) is 1.66. The molecule has 1 heterocycles. The van der Waals surface area contributed by atoms with Crippen LogP contribution in [0.5, 0.6) is 0 Å². The van der Waals surface area contributed by atoms with Crippen molar-refractivity contribution in [2.75, 3.05) is 7.05 Å². The van der Waals surface area contributed by atoms with Gasteiger partial charge in [-0.3, -0.25) is 24.5 Å². The summed E-state index contributed by atoms with van der Waals surface area (Å²) in [6, 6.07) is 2.49. The second kappa shape index (κ2) is 3.82. The average Bonchev–Trinajstić information content (AvgIpc) is 2.62. The van der Waals surface area contributed by atoms with E-state index in [0.717, 1.165) is 0 Å². The number of imide groups is 1. The van der Waals surface area contributed by atoms with Crippen LogP contribution in [0, 0.1) is 0 Å². The van der Waals surface area contributed by atoms with Gasteiger partial charge in [0.2, 0.25) is 0 Å². The first-order chi connectivity index (χ1) is 8.08. The Hall–Kier alpha value is -2.50. The Morgan fingerprint density at radius 2 is 1.82 bits per heavy atom. The molecule has 6 nitrogen and oxygen atoms in total. The molecule has 0 radical (unpaired) electrons. The number of fused-ring (bicyclic) bond motifs is 1. The summed E-state index contributed by atoms with van der Waals surface area (Å²) in [6.45, 7) is 0. The van der Waals surface area contributed by atoms with Gasteiger partial charge in [-0.2, -0.15) is 0 Å². The molecule has 1 aromatic carbocycles. The highest BCUT2D eigenvalue weighted by molar-refractivity contribution is 6.23. The molecule has 2 N–H and O–H groups in total. The third kappa shape index (κ3) is 1.59. The fraction of sp³-hybridized carbons (Fsp3) is 0.0909. The summed E-state index contributed by atoms with van der Waals surface area (Å²) in [7, 11) is 1.41. The quantitative estimate of drug-likeness (QED) is 0.543. The highest BCUT2D eigenvalue weighted by atomic mass is 16.2. The van der Waals surface area contributed by atoms with Gasteiger partial charge in [-0.05, 0) is 12.1 Å². The van der Waals surface area contributed by atoms with Crippen molar-refractivity contribution in [2.45, 2.75) is 0 Å². The van der Waals surface area contributed by atoms with E-state index >= 15 is 0 Å². The van der Waals surface area contributed by atoms with Gasteiger partial charge < -0.3 is 5.32 Å². The summed E-state index contributed by atoms with van der Waals surface area (Å²) < 4.78 is 0. The molecular weight excluding hydrogens is 224 g/mol. The molecule has 17 heavy (non-hydrogen) atoms. The van der Waals surface area contributed by atoms with Crippen molar-refractivity contribution in [3.8, 4) is 0 Å². The predicted octanol–water partition coefficient (Wildman–Crippen LogP) is -0.258. The predicted molar refractivity (Wildman–Crippen MR) is 57.0 cm³/mol. The maximum absolute atomic E-state index is 11.5. The summed E-state index contributed by atoms with van der Waals surface area (Å²) in [5.41, 5.74) is 0.378. The number of nitrogens with one attached hydrogen (secondary N) is 2. The summed E-state index contributed by atoms with van der Waals surface area (Å²) in [6.07, 6.45) is 0.473. The Bertz CT molecular complexity index is 563. The lowest BCUT2D eigenvalue weighted by molar-refractivity contribution is 0.0878. The monoisotopic (exact) mass is 232 g/mol. The summed E-state index contributed by atoms with van der Waals surface area (Å²) in [5, 5.41) is 4.45. The fourth-order valence-electron chi connectivity index (χ4n) is 1.66. The molecule has 0 bridgehead atoms. The third-order valence-electron chi connectivity index (χ3n) is 2.50. The maximum atomic E-state index is 11.5. The van der Waals surface area contributed by atoms with Crippen LogP contribution in [0.4, 0.5) is 0 Å². The highest BCUT2D eigenvalue weighted by Crippen LogP contribution is 2.20. The van der Waals surface area contributed by atoms with Crippen LogP contribution < -0.4 is 10.6 Å². The second-order valence-electron chi connectivity index (χ2n) is 3.47. The molecule has 6 heteroatoms. The van der Waals surface area contributed by atoms with Crippen molar-refractivity contribution in [3.05, 3.63) is 34.4 Å². The molecule has 86 valence electrons. The molecule has 1 aliphatic heterocycles. The SMILES string of the molecule is CNC(=O)c1cc2c(cc1C=O)C(=O)NC2=O. The van der Waals surface area contributed by atoms with E-state index in [2.05, 4.69) is 10.6 Å². The van der Waals surface area contributed by atoms with Crippen LogP contribution >= 0.6 is 0 Å². The number of hydrogen-bond acceptors (Lipinski definition) is 4. The van der Waals surface area contributed by atoms with Gasteiger partial charge in [-0.15, -0.1) is 0 Å². The lowest BCUT2D eigenvalue weighted by Crippen LogP contribution is -2.20. The van der Waals surface area contributed by atoms with E-state index in [4.69, 9.17) is 0 Å². The number of carbonyl (C=O) groups is 4. The van der Waals surface area contributed by atoms with Gasteiger partial charge in [0.05, 0.1) is 16.7 Å². The summed E-state index contributed by atoms with van der Waals surface area (Å²) in [4.78, 5) is 45.1. The van der Waals surface area contributed by atoms with Crippen molar-refractivity contribution >= 4 is 24.0 Å². The summed E-state index contributed by atoms with van der Waals surface area (Å²) in [5.74, 6) is -1.61. The molecule has 3 amide bonds. The van der Waals surface area contributed by atoms with Crippen molar-refractivity contribution in [2.24, 2.45) is 0 Å². The Labute approximate surface area is 96.0 Å². The second-order valence-corrected chi connectivity index (χ2v) is 3.47. The molecule has 0 spiro atoms. The van der Waals surface area contributed by atoms with Gasteiger partial charge in [0.1, 0.15) is 0 Å². The first-order valence-corrected chi connectivity index (χ1v) is 4.79. The van der Waals surface area contributed by atoms with Gasteiger partial charge >= 0.3 is 0 Å². The van der Waals surface area contributed by atoms with E-state index < -0.39 is 17.7 Å². The molecule has 0 saturated heterocycles. The molecule has 1 aliphatic rings. The number of carbonyl (C=O) groups excluding carboxylic acids is 4. The van der Waals surface area contributed by atoms with Crippen LogP contribution in [0.3, 0.4) is 0 Å². The standard InChI is InChI=1S/C11H8N2O4/c1-12-9(15)6-3-8-7(2-5(6)4-14)10(16)13-11(8)17/h2-4H,1H3,(H,12,15)(H,13,16,17). The van der Waals surface area contributed by atoms with Crippen molar-refractivity contribution in [1.29, 1.82) is 0 Å². The average molecular weight is 232 g/mol. The first-order valence-electron chi connectivity index (χ1n) is 4.79. The smallest absolute Gasteiger partial charge is 0.258 e. The molecule has 0 unspecified atom stereocenters. The maximum Gasteiger partial charge on any atom is 0.258 e. The molecular formula is C11H8N2O4. The van der Waals surface area contributed by atoms with Crippen LogP contribution in [-0.4, -0.2) is 31.1 Å². The topological polar surface area (TPSA) is 92.3 Å². The summed E-state index contributed by atoms with van der Waals surface area (Å²) >= 11 is 0. The molecule has 1 aromatic rings. The first kappa shape index (κ1) is 11.0. The minimum Gasteiger partial charge on any atom is -0.355 e. The van der Waals surface area contributed by atoms with Crippen LogP contribution in [0.15, 0.2) is 12.1 Å². The minimum atomic E-state index is -0.562. The molecule has 0 aromatic heterocycles. The Morgan fingerprint density at radius 1 is 1.24 bits per heavy atom. The van der Waals surface area contributed by atoms with Crippen molar-refractivity contribution in [3.63, 3.8) is 0 Å². The Morgan fingerprint density at radius 3 is 2.35 bits per heavy atom. The molecule has 0 atom stereocenters. The van der Waals surface area contributed by atoms with Gasteiger partial charge in [0.15, 0.2) is 6.29 Å². The van der Waals surface area contributed by atoms with E-state index in [9.17, 15) is 19.2 Å². The molecule has 0 saturated carbocycles. The Kier molecular flexibility index (Phi) is 2.47. The van der Waals surface area contributed by atoms with Crippen molar-refractivity contribution < 1.29 is 19.2 Å². The van der Waals surface area contributed by atoms with Crippen molar-refractivity contribution in [1.82, 2.24) is 10.6 Å². The lowest BCUT2D eigenvalue weighted by atomic mass is 9.99. The molecule has 2 rings (SSSR count). The van der Waals surface area contributed by atoms with Gasteiger partial charge in [-0.25, -0.2) is 0 Å². The van der Waals surface area contributed by atoms with Crippen LogP contribution in [-0.2, 0) is 0 Å². The van der Waals surface area contributed by atoms with Crippen LogP contribution in [0.25, 0.3) is 0 Å². The zero-order chi connectivity index (χ0) is 12.6. The van der Waals surface area contributed by atoms with Gasteiger partial charge in [0.25, 0.3) is 17.7 Å². The number of amides is 3. The number of aldehydes is 1. The highest BCUT2D eigenvalue weighted by Gasteiger charge is 2.29. The zero-order valence-electron chi connectivity index (χ0n) is 8.87. The van der Waals surface area contributed by atoms with E-state index in [1.807, 2.05) is 0 Å². The van der Waals surface area contributed by atoms with E-state index in [1.54, 1.807) is 0 Å². The van der Waals surface area contributed by atoms with Gasteiger partial charge in [0, 0.05) is 12.6 Å². The lowest BCUT2D eigenvalue weighted by Gasteiger charge is -2.04. The number of benzene rings is 1. The van der Waals surface area contributed by atoms with Gasteiger partial charge in [-0.1, -0.05) is 0 Å². The van der Waals surface area contributed by atoms with Crippen LogP contribution in [0.1, 0.15) is 41.4 Å². The molecule has 0 fully saturated rings. The van der Waals surface area contributed by atoms with E-state index in [0.29, 0.717) is 6.29 Å². The van der Waals surface area contributed by atoms with Crippen LogP contribution in [0.2, 0.25) is 0 Å². The van der Waals surface area contributed by atoms with E-state index in [-0.39, 0.29) is 22.3 Å². The van der Waals surface area contributed by atoms with E-state index in [1.165, 1.54) is 19.2 Å². The number of rotatable bonds is 2. The Balaban J connectivity index is 2.68. The minimum absolute atomic E-state index is 0.0751. The zero-order valence-corrected chi connectivity index (χ0v) is 8.87. The largest absolute Gasteiger partial charge is 0.355 e. The normalized spacial score (nSPS) is 13.0. The third-order valence-corrected chi connectivity index (χ3v) is 2.50. The number of hydrogen-bond donors (Lipinski definition) is 2. The molecule has 0 aliphatic carbocycles.